The maximum absolute atomic E-state index is 12.5. The van der Waals surface area contributed by atoms with Crippen LogP contribution in [0.4, 0.5) is 5.69 Å². The molecule has 4 aromatic rings. The molecule has 0 aliphatic rings. The largest absolute Gasteiger partial charge is 0.325 e. The Hall–Kier alpha value is -3.32. The van der Waals surface area contributed by atoms with Crippen molar-refractivity contribution in [2.45, 2.75) is 25.4 Å². The average Bonchev–Trinajstić information content (AvgIpc) is 3.42. The van der Waals surface area contributed by atoms with E-state index >= 15 is 0 Å². The number of carbonyl (C=O) groups is 1. The van der Waals surface area contributed by atoms with Crippen LogP contribution >= 0.6 is 11.8 Å². The normalized spacial score (nSPS) is 10.9. The fourth-order valence-electron chi connectivity index (χ4n) is 3.10. The number of hydrogen-bond acceptors (Lipinski definition) is 4. The van der Waals surface area contributed by atoms with Crippen LogP contribution in [-0.2, 0) is 11.2 Å². The van der Waals surface area contributed by atoms with Gasteiger partial charge in [-0.25, -0.2) is 4.68 Å². The minimum atomic E-state index is -0.0767. The summed E-state index contributed by atoms with van der Waals surface area (Å²) in [6.07, 6.45) is 4.79. The molecule has 0 aliphatic carbocycles. The van der Waals surface area contributed by atoms with Gasteiger partial charge < -0.3 is 5.32 Å². The smallest absolute Gasteiger partial charge is 0.234 e. The van der Waals surface area contributed by atoms with E-state index in [1.165, 1.54) is 22.9 Å². The van der Waals surface area contributed by atoms with Crippen molar-refractivity contribution < 1.29 is 4.79 Å². The number of benzene rings is 2. The standard InChI is InChI=1S/C23H23N5OS/c1-3-18-7-6-8-20(15-18)24-21(29)16-30-23-26-25-22(19-11-9-17(2)10-12-19)28(23)27-13-4-5-14-27/h4-15H,3,16H2,1-2H3,(H,24,29). The van der Waals surface area contributed by atoms with Crippen molar-refractivity contribution in [1.82, 2.24) is 19.5 Å². The Balaban J connectivity index is 1.54. The summed E-state index contributed by atoms with van der Waals surface area (Å²) in [5, 5.41) is 12.4. The van der Waals surface area contributed by atoms with Gasteiger partial charge in [0.25, 0.3) is 0 Å². The summed E-state index contributed by atoms with van der Waals surface area (Å²) in [6, 6.07) is 20.0. The summed E-state index contributed by atoms with van der Waals surface area (Å²) in [7, 11) is 0. The van der Waals surface area contributed by atoms with E-state index < -0.39 is 0 Å². The molecule has 7 heteroatoms. The van der Waals surface area contributed by atoms with Gasteiger partial charge in [-0.2, -0.15) is 0 Å². The van der Waals surface area contributed by atoms with E-state index in [-0.39, 0.29) is 11.7 Å². The van der Waals surface area contributed by atoms with Crippen LogP contribution in [0.25, 0.3) is 11.4 Å². The second-order valence-corrected chi connectivity index (χ2v) is 7.88. The molecule has 0 saturated carbocycles. The topological polar surface area (TPSA) is 64.7 Å². The Morgan fingerprint density at radius 2 is 1.80 bits per heavy atom. The average molecular weight is 418 g/mol. The number of aryl methyl sites for hydroxylation is 2. The van der Waals surface area contributed by atoms with Gasteiger partial charge in [-0.3, -0.25) is 9.47 Å². The lowest BCUT2D eigenvalue weighted by Crippen LogP contribution is -2.16. The highest BCUT2D eigenvalue weighted by atomic mass is 32.2. The number of aromatic nitrogens is 4. The second kappa shape index (κ2) is 9.00. The van der Waals surface area contributed by atoms with Gasteiger partial charge in [-0.05, 0) is 43.2 Å². The molecule has 0 atom stereocenters. The van der Waals surface area contributed by atoms with Crippen LogP contribution in [0.2, 0.25) is 0 Å². The summed E-state index contributed by atoms with van der Waals surface area (Å²) in [4.78, 5) is 12.5. The van der Waals surface area contributed by atoms with Gasteiger partial charge in [0.2, 0.25) is 11.1 Å². The zero-order valence-electron chi connectivity index (χ0n) is 16.9. The van der Waals surface area contributed by atoms with Crippen LogP contribution in [0.1, 0.15) is 18.1 Å². The lowest BCUT2D eigenvalue weighted by molar-refractivity contribution is -0.113. The molecular formula is C23H23N5OS. The van der Waals surface area contributed by atoms with Crippen molar-refractivity contribution in [3.63, 3.8) is 0 Å². The number of nitrogens with one attached hydrogen (secondary N) is 1. The first-order valence-electron chi connectivity index (χ1n) is 9.81. The molecule has 2 aromatic heterocycles. The van der Waals surface area contributed by atoms with Crippen LogP contribution in [0.3, 0.4) is 0 Å². The Labute approximate surface area is 179 Å². The van der Waals surface area contributed by atoms with E-state index in [0.717, 1.165) is 23.5 Å². The SMILES string of the molecule is CCc1cccc(NC(=O)CSc2nnc(-c3ccc(C)cc3)n2-n2cccc2)c1. The van der Waals surface area contributed by atoms with E-state index in [1.807, 2.05) is 64.2 Å². The highest BCUT2D eigenvalue weighted by Gasteiger charge is 2.17. The molecule has 0 bridgehead atoms. The summed E-state index contributed by atoms with van der Waals surface area (Å²) in [5.74, 6) is 0.890. The minimum Gasteiger partial charge on any atom is -0.325 e. The number of anilines is 1. The van der Waals surface area contributed by atoms with Crippen molar-refractivity contribution in [2.24, 2.45) is 0 Å². The summed E-state index contributed by atoms with van der Waals surface area (Å²) >= 11 is 1.36. The highest BCUT2D eigenvalue weighted by molar-refractivity contribution is 7.99. The van der Waals surface area contributed by atoms with Gasteiger partial charge in [0.05, 0.1) is 5.75 Å². The molecule has 2 aromatic carbocycles. The lowest BCUT2D eigenvalue weighted by atomic mass is 10.1. The van der Waals surface area contributed by atoms with Crippen LogP contribution < -0.4 is 5.32 Å². The van der Waals surface area contributed by atoms with Crippen molar-refractivity contribution >= 4 is 23.4 Å². The first-order chi connectivity index (χ1) is 14.6. The Morgan fingerprint density at radius 1 is 1.03 bits per heavy atom. The van der Waals surface area contributed by atoms with Crippen molar-refractivity contribution in [2.75, 3.05) is 11.1 Å². The lowest BCUT2D eigenvalue weighted by Gasteiger charge is -2.11. The van der Waals surface area contributed by atoms with Gasteiger partial charge in [-0.15, -0.1) is 10.2 Å². The zero-order chi connectivity index (χ0) is 20.9. The first-order valence-corrected chi connectivity index (χ1v) is 10.8. The maximum Gasteiger partial charge on any atom is 0.234 e. The molecule has 1 amide bonds. The molecule has 0 aliphatic heterocycles. The summed E-state index contributed by atoms with van der Waals surface area (Å²) in [5.41, 5.74) is 4.15. The van der Waals surface area contributed by atoms with Crippen LogP contribution in [-0.4, -0.2) is 31.2 Å². The van der Waals surface area contributed by atoms with Crippen molar-refractivity contribution in [3.8, 4) is 11.4 Å². The molecule has 0 radical (unpaired) electrons. The molecule has 0 unspecified atom stereocenters. The minimum absolute atomic E-state index is 0.0767. The quantitative estimate of drug-likeness (QED) is 0.444. The molecule has 30 heavy (non-hydrogen) atoms. The fraction of sp³-hybridized carbons (Fsp3) is 0.174. The molecule has 152 valence electrons. The van der Waals surface area contributed by atoms with E-state index in [2.05, 4.69) is 47.6 Å². The molecule has 0 spiro atoms. The molecule has 0 fully saturated rings. The van der Waals surface area contributed by atoms with E-state index in [4.69, 9.17) is 0 Å². The number of nitrogens with zero attached hydrogens (tertiary/aromatic N) is 4. The van der Waals surface area contributed by atoms with Crippen molar-refractivity contribution in [1.29, 1.82) is 0 Å². The van der Waals surface area contributed by atoms with Crippen molar-refractivity contribution in [3.05, 3.63) is 84.2 Å². The maximum atomic E-state index is 12.5. The third-order valence-corrected chi connectivity index (χ3v) is 5.61. The third-order valence-electron chi connectivity index (χ3n) is 4.69. The second-order valence-electron chi connectivity index (χ2n) is 6.94. The molecule has 1 N–H and O–H groups in total. The number of hydrogen-bond donors (Lipinski definition) is 1. The molecule has 6 nitrogen and oxygen atoms in total. The van der Waals surface area contributed by atoms with E-state index in [0.29, 0.717) is 5.16 Å². The third kappa shape index (κ3) is 4.46. The number of carbonyl (C=O) groups excluding carboxylic acids is 1. The Bertz CT molecular complexity index is 1130. The highest BCUT2D eigenvalue weighted by Crippen LogP contribution is 2.25. The van der Waals surface area contributed by atoms with E-state index in [1.54, 1.807) is 0 Å². The Kier molecular flexibility index (Phi) is 5.99. The van der Waals surface area contributed by atoms with Crippen LogP contribution in [0.15, 0.2) is 78.2 Å². The zero-order valence-corrected chi connectivity index (χ0v) is 17.8. The Morgan fingerprint density at radius 3 is 2.53 bits per heavy atom. The molecule has 2 heterocycles. The first kappa shape index (κ1) is 20.0. The predicted molar refractivity (Wildman–Crippen MR) is 121 cm³/mol. The van der Waals surface area contributed by atoms with Gasteiger partial charge >= 0.3 is 0 Å². The monoisotopic (exact) mass is 417 g/mol. The van der Waals surface area contributed by atoms with Crippen LogP contribution in [0, 0.1) is 6.92 Å². The molecule has 0 saturated heterocycles. The summed E-state index contributed by atoms with van der Waals surface area (Å²) in [6.45, 7) is 4.15. The number of amides is 1. The van der Waals surface area contributed by atoms with Gasteiger partial charge in [0, 0.05) is 23.6 Å². The number of rotatable bonds is 7. The predicted octanol–water partition coefficient (Wildman–Crippen LogP) is 4.66. The van der Waals surface area contributed by atoms with Gasteiger partial charge in [0.1, 0.15) is 0 Å². The molecular weight excluding hydrogens is 394 g/mol. The van der Waals surface area contributed by atoms with Crippen LogP contribution in [0.5, 0.6) is 0 Å². The van der Waals surface area contributed by atoms with Gasteiger partial charge in [0.15, 0.2) is 5.82 Å². The number of thioether (sulfide) groups is 1. The van der Waals surface area contributed by atoms with Gasteiger partial charge in [-0.1, -0.05) is 60.6 Å². The molecule has 4 rings (SSSR count). The van der Waals surface area contributed by atoms with E-state index in [9.17, 15) is 4.79 Å². The summed E-state index contributed by atoms with van der Waals surface area (Å²) < 4.78 is 3.83. The fourth-order valence-corrected chi connectivity index (χ4v) is 3.84.